The molecule has 0 fully saturated rings. The van der Waals surface area contributed by atoms with E-state index in [2.05, 4.69) is 23.5 Å². The van der Waals surface area contributed by atoms with Crippen LogP contribution in [0.2, 0.25) is 10.0 Å². The van der Waals surface area contributed by atoms with Gasteiger partial charge in [0, 0.05) is 11.3 Å². The van der Waals surface area contributed by atoms with Gasteiger partial charge in [-0.2, -0.15) is 0 Å². The quantitative estimate of drug-likeness (QED) is 0.339. The van der Waals surface area contributed by atoms with E-state index in [-0.39, 0.29) is 11.7 Å². The molecule has 1 amide bonds. The molecule has 1 aliphatic rings. The van der Waals surface area contributed by atoms with Crippen molar-refractivity contribution in [2.24, 2.45) is 0 Å². The number of nitrogens with one attached hydrogen (secondary N) is 1. The van der Waals surface area contributed by atoms with Crippen LogP contribution in [0, 0.1) is 0 Å². The summed E-state index contributed by atoms with van der Waals surface area (Å²) >= 11 is 12.3. The highest BCUT2D eigenvalue weighted by Crippen LogP contribution is 2.38. The third-order valence-corrected chi connectivity index (χ3v) is 5.92. The maximum Gasteiger partial charge on any atom is 0.291 e. The summed E-state index contributed by atoms with van der Waals surface area (Å²) in [5.74, 6) is 0.386. The Morgan fingerprint density at radius 2 is 1.62 bits per heavy atom. The second-order valence-electron chi connectivity index (χ2n) is 6.93. The maximum atomic E-state index is 12.7. The molecule has 3 nitrogen and oxygen atoms in total. The number of rotatable bonds is 3. The molecule has 3 aromatic carbocycles. The first-order valence-electron chi connectivity index (χ1n) is 9.17. The van der Waals surface area contributed by atoms with E-state index in [0.717, 1.165) is 12.1 Å². The van der Waals surface area contributed by atoms with Crippen molar-refractivity contribution >= 4 is 34.8 Å². The van der Waals surface area contributed by atoms with Gasteiger partial charge in [-0.1, -0.05) is 59.6 Å². The number of hydrogen-bond donors (Lipinski definition) is 1. The van der Waals surface area contributed by atoms with Gasteiger partial charge in [0.2, 0.25) is 0 Å². The minimum Gasteiger partial charge on any atom is -0.451 e. The number of furan rings is 1. The van der Waals surface area contributed by atoms with Gasteiger partial charge in [-0.15, -0.1) is 0 Å². The van der Waals surface area contributed by atoms with E-state index in [9.17, 15) is 4.79 Å². The largest absolute Gasteiger partial charge is 0.451 e. The lowest BCUT2D eigenvalue weighted by Crippen LogP contribution is -2.10. The number of anilines is 1. The van der Waals surface area contributed by atoms with Gasteiger partial charge in [-0.05, 0) is 65.1 Å². The first-order chi connectivity index (χ1) is 14.1. The van der Waals surface area contributed by atoms with Crippen molar-refractivity contribution in [3.8, 4) is 22.5 Å². The molecular formula is C24H15Cl2NO2. The molecule has 5 heteroatoms. The number of benzene rings is 3. The number of hydrogen-bond acceptors (Lipinski definition) is 2. The third kappa shape index (κ3) is 3.23. The van der Waals surface area contributed by atoms with Gasteiger partial charge in [0.15, 0.2) is 5.76 Å². The van der Waals surface area contributed by atoms with E-state index in [4.69, 9.17) is 27.6 Å². The second kappa shape index (κ2) is 7.11. The van der Waals surface area contributed by atoms with Crippen LogP contribution >= 0.6 is 23.2 Å². The summed E-state index contributed by atoms with van der Waals surface area (Å²) in [6, 6.07) is 23.0. The van der Waals surface area contributed by atoms with E-state index in [1.54, 1.807) is 30.3 Å². The Bertz CT molecular complexity index is 1260. The molecule has 0 saturated carbocycles. The topological polar surface area (TPSA) is 42.2 Å². The van der Waals surface area contributed by atoms with Crippen LogP contribution in [0.5, 0.6) is 0 Å². The lowest BCUT2D eigenvalue weighted by molar-refractivity contribution is 0.0997. The lowest BCUT2D eigenvalue weighted by atomic mass is 10.1. The molecule has 4 aromatic rings. The summed E-state index contributed by atoms with van der Waals surface area (Å²) < 4.78 is 5.73. The SMILES string of the molecule is O=C(Nc1ccc2c(c1)Cc1ccccc1-2)c1ccc(-c2cccc(Cl)c2Cl)o1. The fraction of sp³-hybridized carbons (Fsp3) is 0.0417. The second-order valence-corrected chi connectivity index (χ2v) is 7.71. The molecule has 0 spiro atoms. The molecule has 0 radical (unpaired) electrons. The molecule has 1 N–H and O–H groups in total. The van der Waals surface area contributed by atoms with Gasteiger partial charge < -0.3 is 9.73 Å². The van der Waals surface area contributed by atoms with Gasteiger partial charge in [-0.3, -0.25) is 4.79 Å². The predicted molar refractivity (Wildman–Crippen MR) is 117 cm³/mol. The van der Waals surface area contributed by atoms with E-state index in [1.165, 1.54) is 22.3 Å². The lowest BCUT2D eigenvalue weighted by Gasteiger charge is -2.07. The fourth-order valence-electron chi connectivity index (χ4n) is 3.71. The van der Waals surface area contributed by atoms with Crippen molar-refractivity contribution in [3.63, 3.8) is 0 Å². The zero-order chi connectivity index (χ0) is 20.0. The highest BCUT2D eigenvalue weighted by atomic mass is 35.5. The smallest absolute Gasteiger partial charge is 0.291 e. The molecule has 1 heterocycles. The summed E-state index contributed by atoms with van der Waals surface area (Å²) in [6.45, 7) is 0. The average molecular weight is 420 g/mol. The van der Waals surface area contributed by atoms with Crippen molar-refractivity contribution in [1.82, 2.24) is 0 Å². The molecule has 0 unspecified atom stereocenters. The first-order valence-corrected chi connectivity index (χ1v) is 9.92. The van der Waals surface area contributed by atoms with E-state index in [0.29, 0.717) is 21.4 Å². The van der Waals surface area contributed by atoms with Gasteiger partial charge >= 0.3 is 0 Å². The van der Waals surface area contributed by atoms with Gasteiger partial charge in [0.05, 0.1) is 10.0 Å². The summed E-state index contributed by atoms with van der Waals surface area (Å²) in [5.41, 5.74) is 6.37. The molecule has 5 rings (SSSR count). The van der Waals surface area contributed by atoms with Crippen molar-refractivity contribution in [1.29, 1.82) is 0 Å². The molecule has 29 heavy (non-hydrogen) atoms. The number of halogens is 2. The Balaban J connectivity index is 1.37. The van der Waals surface area contributed by atoms with Crippen molar-refractivity contribution in [3.05, 3.63) is 99.7 Å². The molecule has 0 atom stereocenters. The third-order valence-electron chi connectivity index (χ3n) is 5.10. The monoisotopic (exact) mass is 419 g/mol. The molecule has 0 aliphatic heterocycles. The van der Waals surface area contributed by atoms with Crippen molar-refractivity contribution < 1.29 is 9.21 Å². The standard InChI is InChI=1S/C24H15Cl2NO2/c25-20-7-3-6-19(23(20)26)21-10-11-22(29-21)24(28)27-16-8-9-18-15(13-16)12-14-4-1-2-5-17(14)18/h1-11,13H,12H2,(H,27,28). The predicted octanol–water partition coefficient (Wildman–Crippen LogP) is 7.08. The van der Waals surface area contributed by atoms with Gasteiger partial charge in [0.25, 0.3) is 5.91 Å². The van der Waals surface area contributed by atoms with Crippen LogP contribution in [0.1, 0.15) is 21.7 Å². The first kappa shape index (κ1) is 18.0. The van der Waals surface area contributed by atoms with E-state index >= 15 is 0 Å². The molecule has 0 bridgehead atoms. The summed E-state index contributed by atoms with van der Waals surface area (Å²) in [4.78, 5) is 12.7. The van der Waals surface area contributed by atoms with Crippen LogP contribution in [-0.4, -0.2) is 5.91 Å². The number of carbonyl (C=O) groups excluding carboxylic acids is 1. The number of fused-ring (bicyclic) bond motifs is 3. The minimum atomic E-state index is -0.315. The van der Waals surface area contributed by atoms with Crippen LogP contribution < -0.4 is 5.32 Å². The minimum absolute atomic E-state index is 0.208. The average Bonchev–Trinajstić information content (AvgIpc) is 3.34. The molecular weight excluding hydrogens is 405 g/mol. The van der Waals surface area contributed by atoms with Crippen molar-refractivity contribution in [2.75, 3.05) is 5.32 Å². The van der Waals surface area contributed by atoms with Crippen molar-refractivity contribution in [2.45, 2.75) is 6.42 Å². The highest BCUT2D eigenvalue weighted by molar-refractivity contribution is 6.43. The summed E-state index contributed by atoms with van der Waals surface area (Å²) in [5, 5.41) is 3.75. The van der Waals surface area contributed by atoms with Crippen LogP contribution in [0.15, 0.2) is 77.2 Å². The fourth-order valence-corrected chi connectivity index (χ4v) is 4.11. The zero-order valence-corrected chi connectivity index (χ0v) is 16.7. The summed E-state index contributed by atoms with van der Waals surface area (Å²) in [6.07, 6.45) is 0.868. The molecule has 1 aromatic heterocycles. The highest BCUT2D eigenvalue weighted by Gasteiger charge is 2.19. The number of amides is 1. The van der Waals surface area contributed by atoms with E-state index in [1.807, 2.05) is 24.3 Å². The van der Waals surface area contributed by atoms with Gasteiger partial charge in [0.1, 0.15) is 5.76 Å². The van der Waals surface area contributed by atoms with Crippen LogP contribution in [0.4, 0.5) is 5.69 Å². The Hall–Kier alpha value is -3.01. The van der Waals surface area contributed by atoms with Crippen LogP contribution in [0.3, 0.4) is 0 Å². The van der Waals surface area contributed by atoms with E-state index < -0.39 is 0 Å². The Kier molecular flexibility index (Phi) is 4.42. The molecule has 1 aliphatic carbocycles. The molecule has 142 valence electrons. The Morgan fingerprint density at radius 3 is 2.52 bits per heavy atom. The van der Waals surface area contributed by atoms with Crippen LogP contribution in [-0.2, 0) is 6.42 Å². The molecule has 0 saturated heterocycles. The normalized spacial score (nSPS) is 11.8. The summed E-state index contributed by atoms with van der Waals surface area (Å²) in [7, 11) is 0. The Labute approximate surface area is 177 Å². The Morgan fingerprint density at radius 1 is 0.828 bits per heavy atom. The van der Waals surface area contributed by atoms with Crippen LogP contribution in [0.25, 0.3) is 22.5 Å². The zero-order valence-electron chi connectivity index (χ0n) is 15.2. The maximum absolute atomic E-state index is 12.7. The number of carbonyl (C=O) groups is 1. The van der Waals surface area contributed by atoms with Gasteiger partial charge in [-0.25, -0.2) is 0 Å².